The second-order valence-corrected chi connectivity index (χ2v) is 4.68. The van der Waals surface area contributed by atoms with Gasteiger partial charge < -0.3 is 15.2 Å². The van der Waals surface area contributed by atoms with Crippen molar-refractivity contribution in [1.29, 1.82) is 0 Å². The van der Waals surface area contributed by atoms with Gasteiger partial charge in [0.15, 0.2) is 0 Å². The van der Waals surface area contributed by atoms with Crippen molar-refractivity contribution in [3.05, 3.63) is 0 Å². The van der Waals surface area contributed by atoms with E-state index in [9.17, 15) is 0 Å². The molecule has 90 valence electrons. The van der Waals surface area contributed by atoms with Crippen LogP contribution >= 0.6 is 0 Å². The molecule has 0 aromatic rings. The minimum atomic E-state index is -0.0283. The summed E-state index contributed by atoms with van der Waals surface area (Å²) in [5.74, 6) is 0. The van der Waals surface area contributed by atoms with Gasteiger partial charge in [-0.2, -0.15) is 0 Å². The fourth-order valence-corrected chi connectivity index (χ4v) is 2.13. The maximum atomic E-state index is 6.25. The van der Waals surface area contributed by atoms with E-state index >= 15 is 0 Å². The summed E-state index contributed by atoms with van der Waals surface area (Å²) in [7, 11) is 1.73. The smallest absolute Gasteiger partial charge is 0.0646 e. The molecule has 3 heteroatoms. The Kier molecular flexibility index (Phi) is 6.22. The molecule has 1 aliphatic carbocycles. The first-order valence-electron chi connectivity index (χ1n) is 6.12. The third-order valence-electron chi connectivity index (χ3n) is 3.13. The summed E-state index contributed by atoms with van der Waals surface area (Å²) >= 11 is 0. The summed E-state index contributed by atoms with van der Waals surface area (Å²) < 4.78 is 10.6. The van der Waals surface area contributed by atoms with E-state index in [1.54, 1.807) is 7.11 Å². The first kappa shape index (κ1) is 12.9. The highest BCUT2D eigenvalue weighted by molar-refractivity contribution is 4.86. The Morgan fingerprint density at radius 2 is 1.73 bits per heavy atom. The third kappa shape index (κ3) is 5.50. The lowest BCUT2D eigenvalue weighted by Crippen LogP contribution is -2.46. The second-order valence-electron chi connectivity index (χ2n) is 4.68. The van der Waals surface area contributed by atoms with Gasteiger partial charge in [0.2, 0.25) is 0 Å². The van der Waals surface area contributed by atoms with Crippen LogP contribution < -0.4 is 5.73 Å². The number of unbranched alkanes of at least 4 members (excludes halogenated alkanes) is 1. The molecule has 15 heavy (non-hydrogen) atoms. The summed E-state index contributed by atoms with van der Waals surface area (Å²) in [6.45, 7) is 2.39. The summed E-state index contributed by atoms with van der Waals surface area (Å²) in [6.07, 6.45) is 8.29. The van der Waals surface area contributed by atoms with Gasteiger partial charge in [-0.1, -0.05) is 19.3 Å². The van der Waals surface area contributed by atoms with E-state index in [-0.39, 0.29) is 5.54 Å². The van der Waals surface area contributed by atoms with Crippen molar-refractivity contribution in [1.82, 2.24) is 0 Å². The molecule has 1 aliphatic rings. The predicted molar refractivity (Wildman–Crippen MR) is 61.9 cm³/mol. The molecule has 2 N–H and O–H groups in total. The lowest BCUT2D eigenvalue weighted by Gasteiger charge is -2.33. The minimum Gasteiger partial charge on any atom is -0.385 e. The third-order valence-corrected chi connectivity index (χ3v) is 3.13. The highest BCUT2D eigenvalue weighted by atomic mass is 16.5. The second kappa shape index (κ2) is 7.20. The van der Waals surface area contributed by atoms with Gasteiger partial charge in [-0.05, 0) is 25.7 Å². The summed E-state index contributed by atoms with van der Waals surface area (Å²) in [5.41, 5.74) is 6.22. The number of rotatable bonds is 7. The van der Waals surface area contributed by atoms with Crippen molar-refractivity contribution < 1.29 is 9.47 Å². The molecule has 0 heterocycles. The van der Waals surface area contributed by atoms with Crippen molar-refractivity contribution >= 4 is 0 Å². The minimum absolute atomic E-state index is 0.0283. The normalized spacial score (nSPS) is 20.4. The number of nitrogens with two attached hydrogens (primary N) is 1. The molecule has 0 unspecified atom stereocenters. The van der Waals surface area contributed by atoms with Gasteiger partial charge in [0.1, 0.15) is 0 Å². The first-order chi connectivity index (χ1) is 7.27. The van der Waals surface area contributed by atoms with E-state index in [0.29, 0.717) is 0 Å². The molecular weight excluding hydrogens is 190 g/mol. The molecule has 0 amide bonds. The Labute approximate surface area is 93.3 Å². The molecule has 1 rings (SSSR count). The predicted octanol–water partition coefficient (Wildman–Crippen LogP) is 2.09. The molecule has 1 saturated carbocycles. The van der Waals surface area contributed by atoms with Gasteiger partial charge >= 0.3 is 0 Å². The number of methoxy groups -OCH3 is 1. The molecule has 1 fully saturated rings. The highest BCUT2D eigenvalue weighted by Crippen LogP contribution is 2.25. The zero-order chi connectivity index (χ0) is 11.0. The summed E-state index contributed by atoms with van der Waals surface area (Å²) in [5, 5.41) is 0. The maximum absolute atomic E-state index is 6.25. The zero-order valence-electron chi connectivity index (χ0n) is 9.96. The molecule has 0 aromatic heterocycles. The number of ether oxygens (including phenoxy) is 2. The Morgan fingerprint density at radius 3 is 2.40 bits per heavy atom. The molecule has 0 saturated heterocycles. The lowest BCUT2D eigenvalue weighted by atomic mass is 9.83. The van der Waals surface area contributed by atoms with Crippen molar-refractivity contribution in [3.8, 4) is 0 Å². The van der Waals surface area contributed by atoms with Crippen LogP contribution in [0.1, 0.15) is 44.9 Å². The van der Waals surface area contributed by atoms with Crippen molar-refractivity contribution in [3.63, 3.8) is 0 Å². The van der Waals surface area contributed by atoms with E-state index < -0.39 is 0 Å². The maximum Gasteiger partial charge on any atom is 0.0646 e. The largest absolute Gasteiger partial charge is 0.385 e. The number of hydrogen-bond donors (Lipinski definition) is 1. The van der Waals surface area contributed by atoms with Gasteiger partial charge in [-0.25, -0.2) is 0 Å². The van der Waals surface area contributed by atoms with Crippen LogP contribution in [0, 0.1) is 0 Å². The van der Waals surface area contributed by atoms with Crippen LogP contribution in [0.2, 0.25) is 0 Å². The average Bonchev–Trinajstić information content (AvgIpc) is 2.24. The van der Waals surface area contributed by atoms with Crippen LogP contribution in [0.4, 0.5) is 0 Å². The highest BCUT2D eigenvalue weighted by Gasteiger charge is 2.27. The molecule has 0 spiro atoms. The van der Waals surface area contributed by atoms with Crippen molar-refractivity contribution in [2.75, 3.05) is 26.9 Å². The van der Waals surface area contributed by atoms with Gasteiger partial charge in [0, 0.05) is 25.9 Å². The SMILES string of the molecule is COCCCCOCC1(N)CCCCC1. The van der Waals surface area contributed by atoms with Crippen molar-refractivity contribution in [2.45, 2.75) is 50.5 Å². The van der Waals surface area contributed by atoms with E-state index in [1.165, 1.54) is 19.3 Å². The zero-order valence-corrected chi connectivity index (χ0v) is 9.96. The van der Waals surface area contributed by atoms with Crippen LogP contribution in [-0.2, 0) is 9.47 Å². The van der Waals surface area contributed by atoms with Crippen LogP contribution in [0.3, 0.4) is 0 Å². The van der Waals surface area contributed by atoms with Gasteiger partial charge in [-0.15, -0.1) is 0 Å². The molecule has 0 aliphatic heterocycles. The Hall–Kier alpha value is -0.120. The van der Waals surface area contributed by atoms with E-state index in [2.05, 4.69) is 0 Å². The quantitative estimate of drug-likeness (QED) is 0.661. The molecular formula is C12H25NO2. The summed E-state index contributed by atoms with van der Waals surface area (Å²) in [6, 6.07) is 0. The fourth-order valence-electron chi connectivity index (χ4n) is 2.13. The molecule has 0 atom stereocenters. The molecule has 0 aromatic carbocycles. The van der Waals surface area contributed by atoms with Gasteiger partial charge in [-0.3, -0.25) is 0 Å². The van der Waals surface area contributed by atoms with Gasteiger partial charge in [0.25, 0.3) is 0 Å². The topological polar surface area (TPSA) is 44.5 Å². The monoisotopic (exact) mass is 215 g/mol. The lowest BCUT2D eigenvalue weighted by molar-refractivity contribution is 0.0622. The average molecular weight is 215 g/mol. The number of hydrogen-bond acceptors (Lipinski definition) is 3. The Bertz CT molecular complexity index is 156. The molecule has 0 bridgehead atoms. The Morgan fingerprint density at radius 1 is 1.07 bits per heavy atom. The van der Waals surface area contributed by atoms with Crippen LogP contribution in [-0.4, -0.2) is 32.5 Å². The molecule has 3 nitrogen and oxygen atoms in total. The Balaban J connectivity index is 1.98. The van der Waals surface area contributed by atoms with Crippen LogP contribution in [0.25, 0.3) is 0 Å². The standard InChI is InChI=1S/C12H25NO2/c1-14-9-5-6-10-15-11-12(13)7-3-2-4-8-12/h2-11,13H2,1H3. The first-order valence-corrected chi connectivity index (χ1v) is 6.12. The van der Waals surface area contributed by atoms with Gasteiger partial charge in [0.05, 0.1) is 6.61 Å². The van der Waals surface area contributed by atoms with Crippen LogP contribution in [0.5, 0.6) is 0 Å². The van der Waals surface area contributed by atoms with E-state index in [0.717, 1.165) is 45.5 Å². The van der Waals surface area contributed by atoms with Crippen LogP contribution in [0.15, 0.2) is 0 Å². The fraction of sp³-hybridized carbons (Fsp3) is 1.00. The molecule has 0 radical (unpaired) electrons. The van der Waals surface area contributed by atoms with E-state index in [4.69, 9.17) is 15.2 Å². The summed E-state index contributed by atoms with van der Waals surface area (Å²) in [4.78, 5) is 0. The van der Waals surface area contributed by atoms with Crippen molar-refractivity contribution in [2.24, 2.45) is 5.73 Å². The van der Waals surface area contributed by atoms with E-state index in [1.807, 2.05) is 0 Å².